The molecular formula is C19H18ClN3O3. The number of para-hydroxylation sites is 2. The van der Waals surface area contributed by atoms with Gasteiger partial charge in [0.05, 0.1) is 12.1 Å². The number of hydrogen-bond donors (Lipinski definition) is 1. The number of anilines is 2. The number of hydrogen-bond acceptors (Lipinski definition) is 5. The minimum atomic E-state index is -0.330. The number of ether oxygens (including phenoxy) is 1. The third kappa shape index (κ3) is 3.08. The predicted octanol–water partition coefficient (Wildman–Crippen LogP) is 4.10. The van der Waals surface area contributed by atoms with Crippen LogP contribution < -0.4 is 15.0 Å². The highest BCUT2D eigenvalue weighted by atomic mass is 35.5. The van der Waals surface area contributed by atoms with Crippen molar-refractivity contribution in [2.24, 2.45) is 0 Å². The van der Waals surface area contributed by atoms with Crippen LogP contribution in [0.15, 0.2) is 46.9 Å². The number of fused-ring (bicyclic) bond motifs is 1. The summed E-state index contributed by atoms with van der Waals surface area (Å²) in [6, 6.07) is 12.9. The highest BCUT2D eigenvalue weighted by Crippen LogP contribution is 2.30. The van der Waals surface area contributed by atoms with Crippen molar-refractivity contribution in [3.05, 3.63) is 47.5 Å². The van der Waals surface area contributed by atoms with Gasteiger partial charge in [0.1, 0.15) is 17.3 Å². The molecule has 1 aliphatic rings. The number of nitrogens with zero attached hydrogens (tertiary/aromatic N) is 2. The normalized spacial score (nSPS) is 16.8. The standard InChI is InChI=1S/C19H18ClN3O3/c1-25-16-9-8-12(11-13(16)20)21-18(24)15-6-4-10-23(15)19-22-14-5-2-3-7-17(14)26-19/h2-3,5,7-9,11,15H,4,6,10H2,1H3,(H,21,24)/t15-/m0/s1. The van der Waals surface area contributed by atoms with Gasteiger partial charge < -0.3 is 19.4 Å². The Morgan fingerprint density at radius 2 is 2.19 bits per heavy atom. The molecule has 0 spiro atoms. The second-order valence-electron chi connectivity index (χ2n) is 6.15. The van der Waals surface area contributed by atoms with E-state index in [1.54, 1.807) is 25.3 Å². The molecule has 3 aromatic rings. The van der Waals surface area contributed by atoms with Gasteiger partial charge >= 0.3 is 0 Å². The quantitative estimate of drug-likeness (QED) is 0.747. The summed E-state index contributed by atoms with van der Waals surface area (Å²) in [4.78, 5) is 19.2. The van der Waals surface area contributed by atoms with Crippen LogP contribution in [-0.4, -0.2) is 30.6 Å². The molecule has 1 aliphatic heterocycles. The monoisotopic (exact) mass is 371 g/mol. The summed E-state index contributed by atoms with van der Waals surface area (Å²) < 4.78 is 11.0. The van der Waals surface area contributed by atoms with E-state index in [1.807, 2.05) is 29.2 Å². The molecular weight excluding hydrogens is 354 g/mol. The van der Waals surface area contributed by atoms with Gasteiger partial charge in [0.2, 0.25) is 5.91 Å². The first-order valence-corrected chi connectivity index (χ1v) is 8.80. The molecule has 6 nitrogen and oxygen atoms in total. The fourth-order valence-electron chi connectivity index (χ4n) is 3.22. The average molecular weight is 372 g/mol. The van der Waals surface area contributed by atoms with Crippen molar-refractivity contribution in [1.29, 1.82) is 0 Å². The lowest BCUT2D eigenvalue weighted by Gasteiger charge is -2.22. The Morgan fingerprint density at radius 3 is 2.96 bits per heavy atom. The lowest BCUT2D eigenvalue weighted by Crippen LogP contribution is -2.39. The number of carbonyl (C=O) groups excluding carboxylic acids is 1. The highest BCUT2D eigenvalue weighted by Gasteiger charge is 2.33. The molecule has 0 saturated carbocycles. The number of halogens is 1. The highest BCUT2D eigenvalue weighted by molar-refractivity contribution is 6.32. The summed E-state index contributed by atoms with van der Waals surface area (Å²) in [7, 11) is 1.55. The average Bonchev–Trinajstić information content (AvgIpc) is 3.28. The van der Waals surface area contributed by atoms with Crippen LogP contribution >= 0.6 is 11.6 Å². The number of methoxy groups -OCH3 is 1. The van der Waals surface area contributed by atoms with Gasteiger partial charge in [-0.2, -0.15) is 4.98 Å². The van der Waals surface area contributed by atoms with E-state index in [0.717, 1.165) is 30.5 Å². The SMILES string of the molecule is COc1ccc(NC(=O)[C@@H]2CCCN2c2nc3ccccc3o2)cc1Cl. The summed E-state index contributed by atoms with van der Waals surface area (Å²) in [5, 5.41) is 3.37. The summed E-state index contributed by atoms with van der Waals surface area (Å²) in [5.74, 6) is 0.463. The zero-order valence-corrected chi connectivity index (χ0v) is 15.0. The van der Waals surface area contributed by atoms with Gasteiger partial charge in [0.15, 0.2) is 5.58 Å². The first-order chi connectivity index (χ1) is 12.7. The second-order valence-corrected chi connectivity index (χ2v) is 6.56. The van der Waals surface area contributed by atoms with E-state index >= 15 is 0 Å². The third-order valence-corrected chi connectivity index (χ3v) is 4.80. The molecule has 2 aromatic carbocycles. The minimum Gasteiger partial charge on any atom is -0.495 e. The van der Waals surface area contributed by atoms with Crippen LogP contribution in [0.5, 0.6) is 5.75 Å². The Hall–Kier alpha value is -2.73. The number of benzene rings is 2. The van der Waals surface area contributed by atoms with Crippen LogP contribution in [0.1, 0.15) is 12.8 Å². The van der Waals surface area contributed by atoms with Crippen molar-refractivity contribution in [3.63, 3.8) is 0 Å². The summed E-state index contributed by atoms with van der Waals surface area (Å²) >= 11 is 6.13. The Bertz CT molecular complexity index is 923. The number of amides is 1. The summed E-state index contributed by atoms with van der Waals surface area (Å²) in [6.45, 7) is 0.730. The lowest BCUT2D eigenvalue weighted by atomic mass is 10.2. The van der Waals surface area contributed by atoms with Crippen LogP contribution in [0.25, 0.3) is 11.1 Å². The van der Waals surface area contributed by atoms with Gasteiger partial charge in [-0.1, -0.05) is 23.7 Å². The van der Waals surface area contributed by atoms with E-state index in [1.165, 1.54) is 0 Å². The maximum atomic E-state index is 12.8. The van der Waals surface area contributed by atoms with Crippen LogP contribution in [0, 0.1) is 0 Å². The van der Waals surface area contributed by atoms with Gasteiger partial charge in [0, 0.05) is 12.2 Å². The number of aromatic nitrogens is 1. The van der Waals surface area contributed by atoms with E-state index in [-0.39, 0.29) is 11.9 Å². The van der Waals surface area contributed by atoms with Gasteiger partial charge in [-0.15, -0.1) is 0 Å². The molecule has 0 unspecified atom stereocenters. The predicted molar refractivity (Wildman–Crippen MR) is 101 cm³/mol. The molecule has 0 aliphatic carbocycles. The van der Waals surface area contributed by atoms with Gasteiger partial charge in [-0.05, 0) is 43.2 Å². The van der Waals surface area contributed by atoms with Crippen LogP contribution in [0.4, 0.5) is 11.7 Å². The van der Waals surface area contributed by atoms with E-state index in [9.17, 15) is 4.79 Å². The Morgan fingerprint density at radius 1 is 1.35 bits per heavy atom. The molecule has 1 N–H and O–H groups in total. The molecule has 7 heteroatoms. The molecule has 4 rings (SSSR count). The molecule has 134 valence electrons. The van der Waals surface area contributed by atoms with Gasteiger partial charge in [-0.25, -0.2) is 0 Å². The summed E-state index contributed by atoms with van der Waals surface area (Å²) in [5.41, 5.74) is 2.14. The molecule has 26 heavy (non-hydrogen) atoms. The first-order valence-electron chi connectivity index (χ1n) is 8.42. The Labute approximate surface area is 155 Å². The minimum absolute atomic E-state index is 0.106. The van der Waals surface area contributed by atoms with Crippen LogP contribution in [0.2, 0.25) is 5.02 Å². The van der Waals surface area contributed by atoms with Crippen molar-refractivity contribution in [2.75, 3.05) is 23.9 Å². The number of oxazole rings is 1. The lowest BCUT2D eigenvalue weighted by molar-refractivity contribution is -0.117. The van der Waals surface area contributed by atoms with Gasteiger partial charge in [0.25, 0.3) is 6.01 Å². The number of rotatable bonds is 4. The maximum Gasteiger partial charge on any atom is 0.299 e. The molecule has 1 saturated heterocycles. The molecule has 1 amide bonds. The van der Waals surface area contributed by atoms with E-state index in [0.29, 0.717) is 22.5 Å². The molecule has 0 radical (unpaired) electrons. The third-order valence-electron chi connectivity index (χ3n) is 4.50. The number of carbonyl (C=O) groups is 1. The molecule has 0 bridgehead atoms. The Balaban J connectivity index is 1.54. The van der Waals surface area contributed by atoms with Crippen molar-refractivity contribution >= 4 is 40.3 Å². The largest absolute Gasteiger partial charge is 0.495 e. The fraction of sp³-hybridized carbons (Fsp3) is 0.263. The zero-order valence-electron chi connectivity index (χ0n) is 14.2. The van der Waals surface area contributed by atoms with Crippen molar-refractivity contribution in [1.82, 2.24) is 4.98 Å². The first kappa shape index (κ1) is 16.7. The molecule has 1 atom stereocenters. The zero-order chi connectivity index (χ0) is 18.1. The maximum absolute atomic E-state index is 12.8. The van der Waals surface area contributed by atoms with Gasteiger partial charge in [-0.3, -0.25) is 4.79 Å². The Kier molecular flexibility index (Phi) is 4.42. The fourth-order valence-corrected chi connectivity index (χ4v) is 3.48. The topological polar surface area (TPSA) is 67.6 Å². The van der Waals surface area contributed by atoms with Crippen molar-refractivity contribution in [3.8, 4) is 5.75 Å². The van der Waals surface area contributed by atoms with E-state index in [4.69, 9.17) is 20.8 Å². The van der Waals surface area contributed by atoms with Crippen molar-refractivity contribution in [2.45, 2.75) is 18.9 Å². The van der Waals surface area contributed by atoms with Crippen LogP contribution in [0.3, 0.4) is 0 Å². The smallest absolute Gasteiger partial charge is 0.299 e. The van der Waals surface area contributed by atoms with E-state index in [2.05, 4.69) is 10.3 Å². The molecule has 1 aromatic heterocycles. The summed E-state index contributed by atoms with van der Waals surface area (Å²) in [6.07, 6.45) is 1.65. The van der Waals surface area contributed by atoms with E-state index < -0.39 is 0 Å². The second kappa shape index (κ2) is 6.88. The van der Waals surface area contributed by atoms with Crippen molar-refractivity contribution < 1.29 is 13.9 Å². The van der Waals surface area contributed by atoms with Crippen LogP contribution in [-0.2, 0) is 4.79 Å². The molecule has 1 fully saturated rings. The number of nitrogens with one attached hydrogen (secondary N) is 1. The molecule has 2 heterocycles.